The van der Waals surface area contributed by atoms with Gasteiger partial charge in [0.15, 0.2) is 4.34 Å². The van der Waals surface area contributed by atoms with Crippen LogP contribution in [0.2, 0.25) is 0 Å². The Bertz CT molecular complexity index is 704. The van der Waals surface area contributed by atoms with Gasteiger partial charge in [0.05, 0.1) is 6.10 Å². The first-order valence-electron chi connectivity index (χ1n) is 6.50. The standard InChI is InChI=1S/C15H14N2O2S2/c18-13(9-20-15-17-16-10-21-15)8-19-14-6-5-11-3-1-2-4-12(11)7-14/h1-7,10,13,18H,8-9H2. The van der Waals surface area contributed by atoms with E-state index in [-0.39, 0.29) is 6.61 Å². The molecule has 1 aromatic heterocycles. The molecule has 108 valence electrons. The molecule has 3 aromatic rings. The van der Waals surface area contributed by atoms with E-state index in [9.17, 15) is 5.11 Å². The number of rotatable bonds is 6. The third-order valence-corrected chi connectivity index (χ3v) is 4.91. The Labute approximate surface area is 130 Å². The van der Waals surface area contributed by atoms with Crippen molar-refractivity contribution in [1.29, 1.82) is 0 Å². The van der Waals surface area contributed by atoms with Gasteiger partial charge in [-0.3, -0.25) is 0 Å². The molecule has 0 saturated heterocycles. The van der Waals surface area contributed by atoms with Gasteiger partial charge in [-0.25, -0.2) is 0 Å². The number of aliphatic hydroxyl groups is 1. The van der Waals surface area contributed by atoms with E-state index in [0.717, 1.165) is 15.5 Å². The first kappa shape index (κ1) is 14.3. The van der Waals surface area contributed by atoms with Crippen molar-refractivity contribution in [3.63, 3.8) is 0 Å². The molecular weight excluding hydrogens is 304 g/mol. The van der Waals surface area contributed by atoms with Gasteiger partial charge in [0, 0.05) is 5.75 Å². The lowest BCUT2D eigenvalue weighted by Gasteiger charge is -2.11. The topological polar surface area (TPSA) is 55.2 Å². The van der Waals surface area contributed by atoms with Gasteiger partial charge in [0.25, 0.3) is 0 Å². The monoisotopic (exact) mass is 318 g/mol. The van der Waals surface area contributed by atoms with Gasteiger partial charge in [-0.15, -0.1) is 10.2 Å². The summed E-state index contributed by atoms with van der Waals surface area (Å²) < 4.78 is 6.51. The van der Waals surface area contributed by atoms with Crippen LogP contribution in [0, 0.1) is 0 Å². The summed E-state index contributed by atoms with van der Waals surface area (Å²) in [6.07, 6.45) is -0.537. The average Bonchev–Trinajstić information content (AvgIpc) is 3.04. The van der Waals surface area contributed by atoms with E-state index in [1.165, 1.54) is 28.5 Å². The maximum atomic E-state index is 9.93. The molecule has 0 aliphatic rings. The molecule has 0 radical (unpaired) electrons. The van der Waals surface area contributed by atoms with E-state index in [1.807, 2.05) is 36.4 Å². The van der Waals surface area contributed by atoms with E-state index in [4.69, 9.17) is 4.74 Å². The number of nitrogens with zero attached hydrogens (tertiary/aromatic N) is 2. The number of benzene rings is 2. The zero-order chi connectivity index (χ0) is 14.5. The van der Waals surface area contributed by atoms with Crippen molar-refractivity contribution in [2.45, 2.75) is 10.4 Å². The van der Waals surface area contributed by atoms with Gasteiger partial charge >= 0.3 is 0 Å². The maximum Gasteiger partial charge on any atom is 0.174 e. The summed E-state index contributed by atoms with van der Waals surface area (Å²) in [5, 5.41) is 19.9. The molecule has 2 aromatic carbocycles. The van der Waals surface area contributed by atoms with Crippen molar-refractivity contribution in [3.8, 4) is 5.75 Å². The van der Waals surface area contributed by atoms with Gasteiger partial charge in [-0.05, 0) is 22.9 Å². The minimum Gasteiger partial charge on any atom is -0.491 e. The SMILES string of the molecule is OC(COc1ccc2ccccc2c1)CSc1nncs1. The molecule has 1 atom stereocenters. The molecule has 21 heavy (non-hydrogen) atoms. The van der Waals surface area contributed by atoms with Crippen LogP contribution in [-0.4, -0.2) is 33.8 Å². The van der Waals surface area contributed by atoms with E-state index in [0.29, 0.717) is 5.75 Å². The van der Waals surface area contributed by atoms with Crippen molar-refractivity contribution < 1.29 is 9.84 Å². The van der Waals surface area contributed by atoms with Crippen LogP contribution in [-0.2, 0) is 0 Å². The quantitative estimate of drug-likeness (QED) is 0.707. The number of aliphatic hydroxyl groups excluding tert-OH is 1. The van der Waals surface area contributed by atoms with Crippen LogP contribution in [0.3, 0.4) is 0 Å². The Hall–Kier alpha value is -1.63. The van der Waals surface area contributed by atoms with Crippen LogP contribution in [0.4, 0.5) is 0 Å². The Morgan fingerprint density at radius 1 is 1.19 bits per heavy atom. The fourth-order valence-corrected chi connectivity index (χ4v) is 3.31. The lowest BCUT2D eigenvalue weighted by molar-refractivity contribution is 0.126. The largest absolute Gasteiger partial charge is 0.491 e. The Kier molecular flexibility index (Phi) is 4.69. The van der Waals surface area contributed by atoms with Crippen molar-refractivity contribution in [1.82, 2.24) is 10.2 Å². The number of thioether (sulfide) groups is 1. The molecule has 6 heteroatoms. The number of fused-ring (bicyclic) bond motifs is 1. The van der Waals surface area contributed by atoms with Crippen molar-refractivity contribution in [3.05, 3.63) is 48.0 Å². The molecule has 1 heterocycles. The van der Waals surface area contributed by atoms with Crippen molar-refractivity contribution >= 4 is 33.9 Å². The van der Waals surface area contributed by atoms with E-state index in [1.54, 1.807) is 5.51 Å². The van der Waals surface area contributed by atoms with Crippen LogP contribution in [0.25, 0.3) is 10.8 Å². The summed E-state index contributed by atoms with van der Waals surface area (Å²) in [6.45, 7) is 0.268. The molecule has 0 saturated carbocycles. The minimum atomic E-state index is -0.537. The summed E-state index contributed by atoms with van der Waals surface area (Å²) in [7, 11) is 0. The van der Waals surface area contributed by atoms with E-state index in [2.05, 4.69) is 16.3 Å². The highest BCUT2D eigenvalue weighted by molar-refractivity contribution is 8.01. The fourth-order valence-electron chi connectivity index (χ4n) is 1.89. The van der Waals surface area contributed by atoms with Crippen LogP contribution in [0.15, 0.2) is 52.3 Å². The molecule has 0 aliphatic carbocycles. The Morgan fingerprint density at radius 2 is 2.05 bits per heavy atom. The van der Waals surface area contributed by atoms with Gasteiger partial charge in [0.2, 0.25) is 0 Å². The fraction of sp³-hybridized carbons (Fsp3) is 0.200. The summed E-state index contributed by atoms with van der Waals surface area (Å²) in [5.74, 6) is 1.32. The van der Waals surface area contributed by atoms with Crippen LogP contribution in [0.1, 0.15) is 0 Å². The molecule has 0 amide bonds. The van der Waals surface area contributed by atoms with Gasteiger partial charge < -0.3 is 9.84 Å². The molecule has 1 unspecified atom stereocenters. The highest BCUT2D eigenvalue weighted by Crippen LogP contribution is 2.22. The molecule has 1 N–H and O–H groups in total. The second kappa shape index (κ2) is 6.89. The lowest BCUT2D eigenvalue weighted by Crippen LogP contribution is -2.20. The second-order valence-corrected chi connectivity index (χ2v) is 6.59. The highest BCUT2D eigenvalue weighted by Gasteiger charge is 2.08. The van der Waals surface area contributed by atoms with Gasteiger partial charge in [-0.2, -0.15) is 0 Å². The number of aromatic nitrogens is 2. The number of ether oxygens (including phenoxy) is 1. The zero-order valence-corrected chi connectivity index (χ0v) is 12.8. The summed E-state index contributed by atoms with van der Waals surface area (Å²) in [4.78, 5) is 0. The molecule has 0 fully saturated rings. The van der Waals surface area contributed by atoms with Gasteiger partial charge in [-0.1, -0.05) is 53.4 Å². The summed E-state index contributed by atoms with van der Waals surface area (Å²) >= 11 is 2.96. The molecule has 3 rings (SSSR count). The predicted molar refractivity (Wildman–Crippen MR) is 86.1 cm³/mol. The Balaban J connectivity index is 1.53. The lowest BCUT2D eigenvalue weighted by atomic mass is 10.1. The molecule has 0 bridgehead atoms. The summed E-state index contributed by atoms with van der Waals surface area (Å²) in [6, 6.07) is 14.0. The average molecular weight is 318 g/mol. The molecule has 0 spiro atoms. The van der Waals surface area contributed by atoms with Crippen molar-refractivity contribution in [2.75, 3.05) is 12.4 Å². The number of hydrogen-bond acceptors (Lipinski definition) is 6. The maximum absolute atomic E-state index is 9.93. The predicted octanol–water partition coefficient (Wildman–Crippen LogP) is 3.22. The van der Waals surface area contributed by atoms with Gasteiger partial charge in [0.1, 0.15) is 17.9 Å². The third-order valence-electron chi connectivity index (χ3n) is 2.90. The zero-order valence-electron chi connectivity index (χ0n) is 11.2. The first-order valence-corrected chi connectivity index (χ1v) is 8.36. The third kappa shape index (κ3) is 3.93. The molecule has 4 nitrogen and oxygen atoms in total. The van der Waals surface area contributed by atoms with Crippen LogP contribution < -0.4 is 4.74 Å². The number of hydrogen-bond donors (Lipinski definition) is 1. The normalized spacial score (nSPS) is 12.4. The Morgan fingerprint density at radius 3 is 2.86 bits per heavy atom. The van der Waals surface area contributed by atoms with Crippen LogP contribution >= 0.6 is 23.1 Å². The van der Waals surface area contributed by atoms with E-state index >= 15 is 0 Å². The van der Waals surface area contributed by atoms with E-state index < -0.39 is 6.10 Å². The molecule has 0 aliphatic heterocycles. The highest BCUT2D eigenvalue weighted by atomic mass is 32.2. The van der Waals surface area contributed by atoms with Crippen LogP contribution in [0.5, 0.6) is 5.75 Å². The summed E-state index contributed by atoms with van der Waals surface area (Å²) in [5.41, 5.74) is 1.68. The minimum absolute atomic E-state index is 0.268. The second-order valence-electron chi connectivity index (χ2n) is 4.49. The first-order chi connectivity index (χ1) is 10.3. The van der Waals surface area contributed by atoms with Crippen molar-refractivity contribution in [2.24, 2.45) is 0 Å². The molecular formula is C15H14N2O2S2. The smallest absolute Gasteiger partial charge is 0.174 e.